The fraction of sp³-hybridized carbons (Fsp3) is 0.533. The lowest BCUT2D eigenvalue weighted by Crippen LogP contribution is -2.47. The summed E-state index contributed by atoms with van der Waals surface area (Å²) >= 11 is 0. The van der Waals surface area contributed by atoms with E-state index in [2.05, 4.69) is 0 Å². The molecule has 0 unspecified atom stereocenters. The van der Waals surface area contributed by atoms with Gasteiger partial charge in [-0.2, -0.15) is 0 Å². The van der Waals surface area contributed by atoms with E-state index >= 15 is 0 Å². The SMILES string of the molecule is CCOP(=O)(OCC)C(C[C@]1(c2ccc(C)cc2)C(=O)N(C(=O)OC(C)(C)C)c2ccccc21)P(=O)(OCC)OCC. The van der Waals surface area contributed by atoms with Crippen molar-refractivity contribution in [3.05, 3.63) is 65.2 Å². The maximum absolute atomic E-state index is 14.8. The van der Waals surface area contributed by atoms with E-state index in [0.29, 0.717) is 16.8 Å². The predicted molar refractivity (Wildman–Crippen MR) is 162 cm³/mol. The molecule has 0 fully saturated rings. The Morgan fingerprint density at radius 2 is 1.31 bits per heavy atom. The Bertz CT molecular complexity index is 1310. The van der Waals surface area contributed by atoms with Gasteiger partial charge < -0.3 is 22.8 Å². The smallest absolute Gasteiger partial charge is 0.421 e. The second-order valence-electron chi connectivity index (χ2n) is 10.8. The Balaban J connectivity index is 2.40. The molecule has 0 aliphatic carbocycles. The second kappa shape index (κ2) is 13.5. The van der Waals surface area contributed by atoms with Crippen LogP contribution >= 0.6 is 15.2 Å². The average Bonchev–Trinajstić information content (AvgIpc) is 3.15. The first-order chi connectivity index (χ1) is 19.7. The molecule has 0 saturated heterocycles. The van der Waals surface area contributed by atoms with Crippen molar-refractivity contribution in [3.63, 3.8) is 0 Å². The van der Waals surface area contributed by atoms with Gasteiger partial charge in [-0.3, -0.25) is 13.9 Å². The van der Waals surface area contributed by atoms with E-state index in [9.17, 15) is 18.7 Å². The minimum atomic E-state index is -4.25. The molecule has 232 valence electrons. The molecule has 0 bridgehead atoms. The van der Waals surface area contributed by atoms with Gasteiger partial charge in [-0.1, -0.05) is 48.0 Å². The van der Waals surface area contributed by atoms with E-state index in [1.165, 1.54) is 0 Å². The van der Waals surface area contributed by atoms with Crippen LogP contribution in [-0.2, 0) is 42.2 Å². The minimum Gasteiger partial charge on any atom is -0.443 e. The number of fused-ring (bicyclic) bond motifs is 1. The third-order valence-electron chi connectivity index (χ3n) is 6.75. The number of para-hydroxylation sites is 1. The van der Waals surface area contributed by atoms with E-state index in [4.69, 9.17) is 22.8 Å². The Morgan fingerprint density at radius 1 is 0.833 bits per heavy atom. The predicted octanol–water partition coefficient (Wildman–Crippen LogP) is 7.81. The number of carbonyl (C=O) groups excluding carboxylic acids is 2. The molecule has 2 amide bonds. The van der Waals surface area contributed by atoms with Crippen LogP contribution in [-0.4, -0.2) is 49.4 Å². The van der Waals surface area contributed by atoms with Gasteiger partial charge in [0.2, 0.25) is 0 Å². The van der Waals surface area contributed by atoms with Gasteiger partial charge in [-0.05, 0) is 79.0 Å². The number of carbonyl (C=O) groups is 2. The molecule has 2 aromatic rings. The fourth-order valence-corrected chi connectivity index (χ4v) is 10.6. The van der Waals surface area contributed by atoms with Crippen molar-refractivity contribution in [1.29, 1.82) is 0 Å². The molecule has 1 aliphatic rings. The summed E-state index contributed by atoms with van der Waals surface area (Å²) in [7, 11) is -8.50. The van der Waals surface area contributed by atoms with E-state index in [1.54, 1.807) is 84.9 Å². The summed E-state index contributed by atoms with van der Waals surface area (Å²) in [5, 5.41) is -1.51. The van der Waals surface area contributed by atoms with Gasteiger partial charge in [-0.15, -0.1) is 0 Å². The summed E-state index contributed by atoms with van der Waals surface area (Å²) in [6.07, 6.45) is -1.22. The van der Waals surface area contributed by atoms with Crippen molar-refractivity contribution in [2.75, 3.05) is 31.3 Å². The molecule has 1 aliphatic heterocycles. The summed E-state index contributed by atoms with van der Waals surface area (Å²) in [6.45, 7) is 13.6. The van der Waals surface area contributed by atoms with Crippen LogP contribution in [0.4, 0.5) is 10.5 Å². The Labute approximate surface area is 249 Å². The van der Waals surface area contributed by atoms with Crippen molar-refractivity contribution in [2.24, 2.45) is 0 Å². The Kier molecular flexibility index (Phi) is 11.0. The molecule has 12 heteroatoms. The quantitative estimate of drug-likeness (QED) is 0.206. The molecular weight excluding hydrogens is 580 g/mol. The summed E-state index contributed by atoms with van der Waals surface area (Å²) < 4.78 is 57.7. The van der Waals surface area contributed by atoms with Crippen LogP contribution in [0.2, 0.25) is 0 Å². The lowest BCUT2D eigenvalue weighted by atomic mass is 9.73. The average molecular weight is 624 g/mol. The third-order valence-corrected chi connectivity index (χ3v) is 12.7. The maximum Gasteiger partial charge on any atom is 0.421 e. The third kappa shape index (κ3) is 6.75. The summed E-state index contributed by atoms with van der Waals surface area (Å²) in [5.74, 6) is -0.647. The van der Waals surface area contributed by atoms with Gasteiger partial charge in [0.25, 0.3) is 5.91 Å². The molecule has 1 heterocycles. The van der Waals surface area contributed by atoms with Gasteiger partial charge in [0.1, 0.15) is 11.0 Å². The van der Waals surface area contributed by atoms with Gasteiger partial charge in [0.05, 0.1) is 32.1 Å². The standard InChI is InChI=1S/C30H43NO9P2/c1-9-36-41(34,37-10-2)26(42(35,38-11-3)39-12-4)21-30(23-19-17-22(5)18-20-23)24-15-13-14-16-25(24)31(27(30)32)28(33)40-29(6,7)8/h13-20,26H,9-12,21H2,1-8H3/t30-/m1/s1. The van der Waals surface area contributed by atoms with Crippen molar-refractivity contribution >= 4 is 32.9 Å². The number of anilines is 1. The van der Waals surface area contributed by atoms with E-state index in [1.807, 2.05) is 19.1 Å². The molecule has 0 radical (unpaired) electrons. The van der Waals surface area contributed by atoms with E-state index in [0.717, 1.165) is 10.5 Å². The topological polar surface area (TPSA) is 118 Å². The van der Waals surface area contributed by atoms with Crippen molar-refractivity contribution in [3.8, 4) is 0 Å². The lowest BCUT2D eigenvalue weighted by molar-refractivity contribution is -0.121. The van der Waals surface area contributed by atoms with Crippen LogP contribution < -0.4 is 4.90 Å². The molecule has 2 aromatic carbocycles. The number of rotatable bonds is 13. The maximum atomic E-state index is 14.8. The van der Waals surface area contributed by atoms with Gasteiger partial charge in [-0.25, -0.2) is 9.69 Å². The zero-order chi connectivity index (χ0) is 31.3. The number of hydrogen-bond donors (Lipinski definition) is 0. The molecule has 0 spiro atoms. The number of aryl methyl sites for hydroxylation is 1. The van der Waals surface area contributed by atoms with Crippen LogP contribution in [0.1, 0.15) is 71.6 Å². The number of imide groups is 1. The van der Waals surface area contributed by atoms with Crippen molar-refractivity contribution in [2.45, 2.75) is 78.2 Å². The summed E-state index contributed by atoms with van der Waals surface area (Å²) in [6, 6.07) is 14.1. The Hall–Kier alpha value is -2.32. The minimum absolute atomic E-state index is 0.0157. The van der Waals surface area contributed by atoms with Crippen LogP contribution in [0.15, 0.2) is 48.5 Å². The molecule has 1 atom stereocenters. The lowest BCUT2D eigenvalue weighted by Gasteiger charge is -2.37. The highest BCUT2D eigenvalue weighted by Gasteiger charge is 2.62. The first-order valence-electron chi connectivity index (χ1n) is 14.2. The normalized spacial score (nSPS) is 17.5. The number of amides is 2. The van der Waals surface area contributed by atoms with Crippen molar-refractivity contribution in [1.82, 2.24) is 0 Å². The largest absolute Gasteiger partial charge is 0.443 e. The number of benzene rings is 2. The summed E-state index contributed by atoms with van der Waals surface area (Å²) in [4.78, 5) is 29.4. The number of ether oxygens (including phenoxy) is 1. The van der Waals surface area contributed by atoms with Gasteiger partial charge >= 0.3 is 21.3 Å². The first kappa shape index (κ1) is 34.2. The van der Waals surface area contributed by atoms with Crippen LogP contribution in [0, 0.1) is 6.92 Å². The molecule has 3 rings (SSSR count). The van der Waals surface area contributed by atoms with E-state index in [-0.39, 0.29) is 32.8 Å². The first-order valence-corrected chi connectivity index (χ1v) is 17.5. The highest BCUT2D eigenvalue weighted by molar-refractivity contribution is 7.72. The van der Waals surface area contributed by atoms with Crippen LogP contribution in [0.3, 0.4) is 0 Å². The molecular formula is C30H43NO9P2. The van der Waals surface area contributed by atoms with E-state index < -0.39 is 43.6 Å². The van der Waals surface area contributed by atoms with Crippen LogP contribution in [0.25, 0.3) is 0 Å². The van der Waals surface area contributed by atoms with Gasteiger partial charge in [0, 0.05) is 0 Å². The van der Waals surface area contributed by atoms with Crippen molar-refractivity contribution < 1.29 is 41.6 Å². The molecule has 0 saturated carbocycles. The molecule has 0 aromatic heterocycles. The molecule has 42 heavy (non-hydrogen) atoms. The highest BCUT2D eigenvalue weighted by atomic mass is 31.2. The zero-order valence-corrected chi connectivity index (χ0v) is 27.5. The molecule has 0 N–H and O–H groups in total. The zero-order valence-electron chi connectivity index (χ0n) is 25.7. The molecule has 10 nitrogen and oxygen atoms in total. The highest BCUT2D eigenvalue weighted by Crippen LogP contribution is 2.73. The van der Waals surface area contributed by atoms with Gasteiger partial charge in [0.15, 0.2) is 5.40 Å². The summed E-state index contributed by atoms with van der Waals surface area (Å²) in [5.41, 5.74) is -0.337. The number of hydrogen-bond acceptors (Lipinski definition) is 9. The fourth-order valence-electron chi connectivity index (χ4n) is 5.18. The van der Waals surface area contributed by atoms with Crippen LogP contribution in [0.5, 0.6) is 0 Å². The monoisotopic (exact) mass is 623 g/mol. The second-order valence-corrected chi connectivity index (χ2v) is 15.7. The number of nitrogens with zero attached hydrogens (tertiary/aromatic N) is 1. The Morgan fingerprint density at radius 3 is 1.76 bits per heavy atom.